The molecule has 0 aromatic rings. The van der Waals surface area contributed by atoms with Crippen molar-refractivity contribution in [2.24, 2.45) is 0 Å². The molecule has 70 valence electrons. The summed E-state index contributed by atoms with van der Waals surface area (Å²) in [6.45, 7) is 2.11. The second kappa shape index (κ2) is 4.24. The molecule has 0 unspecified atom stereocenters. The summed E-state index contributed by atoms with van der Waals surface area (Å²) in [6, 6.07) is 0.855. The average Bonchev–Trinajstić information content (AvgIpc) is 2.76. The van der Waals surface area contributed by atoms with E-state index in [0.717, 1.165) is 19.2 Å². The molecular formula is C10H19NO. The molecule has 2 nitrogen and oxygen atoms in total. The molecule has 0 saturated heterocycles. The van der Waals surface area contributed by atoms with Crippen LogP contribution in [0.25, 0.3) is 0 Å². The van der Waals surface area contributed by atoms with Crippen LogP contribution in [0, 0.1) is 0 Å². The Morgan fingerprint density at radius 1 is 1.17 bits per heavy atom. The third-order valence-corrected chi connectivity index (χ3v) is 2.74. The molecule has 2 aliphatic rings. The maximum atomic E-state index is 5.64. The third kappa shape index (κ3) is 2.76. The average molecular weight is 169 g/mol. The highest BCUT2D eigenvalue weighted by Crippen LogP contribution is 2.22. The lowest BCUT2D eigenvalue weighted by atomic mass is 9.96. The molecule has 0 spiro atoms. The molecule has 0 heterocycles. The van der Waals surface area contributed by atoms with Crippen molar-refractivity contribution in [3.05, 3.63) is 0 Å². The first-order valence-electron chi connectivity index (χ1n) is 5.30. The Balaban J connectivity index is 1.35. The van der Waals surface area contributed by atoms with E-state index in [1.54, 1.807) is 0 Å². The molecule has 0 radical (unpaired) electrons. The van der Waals surface area contributed by atoms with E-state index in [1.165, 1.54) is 38.5 Å². The summed E-state index contributed by atoms with van der Waals surface area (Å²) in [7, 11) is 0. The smallest absolute Gasteiger partial charge is 0.0575 e. The Morgan fingerprint density at radius 3 is 2.58 bits per heavy atom. The van der Waals surface area contributed by atoms with Crippen LogP contribution in [0.5, 0.6) is 0 Å². The summed E-state index contributed by atoms with van der Waals surface area (Å²) in [5.74, 6) is 0. The highest BCUT2D eigenvalue weighted by molar-refractivity contribution is 4.80. The Bertz CT molecular complexity index is 130. The van der Waals surface area contributed by atoms with E-state index in [4.69, 9.17) is 4.74 Å². The van der Waals surface area contributed by atoms with Gasteiger partial charge in [-0.25, -0.2) is 0 Å². The quantitative estimate of drug-likeness (QED) is 0.611. The Hall–Kier alpha value is -0.0800. The summed E-state index contributed by atoms with van der Waals surface area (Å²) in [5.41, 5.74) is 0. The van der Waals surface area contributed by atoms with Gasteiger partial charge in [-0.2, -0.15) is 0 Å². The van der Waals surface area contributed by atoms with E-state index in [9.17, 15) is 0 Å². The zero-order chi connectivity index (χ0) is 8.23. The molecular weight excluding hydrogens is 150 g/mol. The van der Waals surface area contributed by atoms with E-state index in [2.05, 4.69) is 5.32 Å². The minimum Gasteiger partial charge on any atom is -0.378 e. The zero-order valence-electron chi connectivity index (χ0n) is 7.72. The molecule has 0 bridgehead atoms. The minimum atomic E-state index is 0.617. The molecule has 12 heavy (non-hydrogen) atoms. The Labute approximate surface area is 74.7 Å². The van der Waals surface area contributed by atoms with Crippen molar-refractivity contribution in [1.29, 1.82) is 0 Å². The largest absolute Gasteiger partial charge is 0.378 e. The van der Waals surface area contributed by atoms with Crippen LogP contribution < -0.4 is 5.32 Å². The molecule has 2 rings (SSSR count). The lowest BCUT2D eigenvalue weighted by Crippen LogP contribution is -2.24. The molecule has 0 aromatic heterocycles. The van der Waals surface area contributed by atoms with Gasteiger partial charge in [-0.3, -0.25) is 0 Å². The van der Waals surface area contributed by atoms with Gasteiger partial charge in [0.25, 0.3) is 0 Å². The fourth-order valence-corrected chi connectivity index (χ4v) is 1.45. The van der Waals surface area contributed by atoms with E-state index in [-0.39, 0.29) is 0 Å². The predicted octanol–water partition coefficient (Wildman–Crippen LogP) is 1.70. The fraction of sp³-hybridized carbons (Fsp3) is 1.00. The van der Waals surface area contributed by atoms with Crippen LogP contribution >= 0.6 is 0 Å². The Morgan fingerprint density at radius 2 is 2.00 bits per heavy atom. The molecule has 1 N–H and O–H groups in total. The standard InChI is InChI=1S/C10H19NO/c1-3-10(4-1)12-8-2-7-11-9-5-6-9/h9-11H,1-8H2. The van der Waals surface area contributed by atoms with Crippen molar-refractivity contribution >= 4 is 0 Å². The van der Waals surface area contributed by atoms with Gasteiger partial charge in [0.1, 0.15) is 0 Å². The maximum absolute atomic E-state index is 5.64. The molecule has 2 saturated carbocycles. The summed E-state index contributed by atoms with van der Waals surface area (Å²) in [5, 5.41) is 3.49. The van der Waals surface area contributed by atoms with Crippen LogP contribution in [-0.2, 0) is 4.74 Å². The predicted molar refractivity (Wildman–Crippen MR) is 49.2 cm³/mol. The lowest BCUT2D eigenvalue weighted by Gasteiger charge is -2.25. The minimum absolute atomic E-state index is 0.617. The van der Waals surface area contributed by atoms with E-state index in [0.29, 0.717) is 6.10 Å². The molecule has 0 aromatic carbocycles. The summed E-state index contributed by atoms with van der Waals surface area (Å²) < 4.78 is 5.64. The molecule has 0 amide bonds. The van der Waals surface area contributed by atoms with Crippen LogP contribution in [-0.4, -0.2) is 25.3 Å². The fourth-order valence-electron chi connectivity index (χ4n) is 1.45. The first-order chi connectivity index (χ1) is 5.95. The first-order valence-corrected chi connectivity index (χ1v) is 5.30. The molecule has 2 aliphatic carbocycles. The van der Waals surface area contributed by atoms with Gasteiger partial charge in [-0.1, -0.05) is 0 Å². The first kappa shape index (κ1) is 8.52. The van der Waals surface area contributed by atoms with Crippen LogP contribution in [0.3, 0.4) is 0 Å². The van der Waals surface area contributed by atoms with Crippen LogP contribution in [0.2, 0.25) is 0 Å². The Kier molecular flexibility index (Phi) is 3.01. The zero-order valence-corrected chi connectivity index (χ0v) is 7.72. The molecule has 0 aliphatic heterocycles. The number of hydrogen-bond acceptors (Lipinski definition) is 2. The normalized spacial score (nSPS) is 24.0. The van der Waals surface area contributed by atoms with Crippen molar-refractivity contribution < 1.29 is 4.74 Å². The van der Waals surface area contributed by atoms with Gasteiger partial charge in [-0.05, 0) is 45.1 Å². The SMILES string of the molecule is C(CNC1CC1)COC1CCC1. The topological polar surface area (TPSA) is 21.3 Å². The van der Waals surface area contributed by atoms with Crippen LogP contribution in [0.1, 0.15) is 38.5 Å². The second-order valence-electron chi connectivity index (χ2n) is 4.01. The van der Waals surface area contributed by atoms with Gasteiger partial charge >= 0.3 is 0 Å². The number of nitrogens with one attached hydrogen (secondary N) is 1. The lowest BCUT2D eigenvalue weighted by molar-refractivity contribution is 0.00151. The van der Waals surface area contributed by atoms with Crippen molar-refractivity contribution in [3.8, 4) is 0 Å². The van der Waals surface area contributed by atoms with E-state index >= 15 is 0 Å². The van der Waals surface area contributed by atoms with Gasteiger partial charge < -0.3 is 10.1 Å². The van der Waals surface area contributed by atoms with E-state index < -0.39 is 0 Å². The van der Waals surface area contributed by atoms with Crippen molar-refractivity contribution in [1.82, 2.24) is 5.32 Å². The van der Waals surface area contributed by atoms with Gasteiger partial charge in [-0.15, -0.1) is 0 Å². The molecule has 2 fully saturated rings. The second-order valence-corrected chi connectivity index (χ2v) is 4.01. The van der Waals surface area contributed by atoms with Gasteiger partial charge in [0, 0.05) is 12.6 Å². The summed E-state index contributed by atoms with van der Waals surface area (Å²) in [6.07, 6.45) is 8.57. The van der Waals surface area contributed by atoms with Crippen molar-refractivity contribution in [2.45, 2.75) is 50.7 Å². The van der Waals surface area contributed by atoms with Crippen molar-refractivity contribution in [2.75, 3.05) is 13.2 Å². The van der Waals surface area contributed by atoms with Gasteiger partial charge in [0.05, 0.1) is 6.10 Å². The highest BCUT2D eigenvalue weighted by Gasteiger charge is 2.20. The number of ether oxygens (including phenoxy) is 1. The van der Waals surface area contributed by atoms with Crippen LogP contribution in [0.4, 0.5) is 0 Å². The maximum Gasteiger partial charge on any atom is 0.0575 e. The van der Waals surface area contributed by atoms with E-state index in [1.807, 2.05) is 0 Å². The third-order valence-electron chi connectivity index (χ3n) is 2.74. The number of rotatable bonds is 6. The molecule has 2 heteroatoms. The summed E-state index contributed by atoms with van der Waals surface area (Å²) in [4.78, 5) is 0. The molecule has 0 atom stereocenters. The highest BCUT2D eigenvalue weighted by atomic mass is 16.5. The summed E-state index contributed by atoms with van der Waals surface area (Å²) >= 11 is 0. The number of hydrogen-bond donors (Lipinski definition) is 1. The van der Waals surface area contributed by atoms with Crippen LogP contribution in [0.15, 0.2) is 0 Å². The van der Waals surface area contributed by atoms with Gasteiger partial charge in [0.2, 0.25) is 0 Å². The van der Waals surface area contributed by atoms with Crippen molar-refractivity contribution in [3.63, 3.8) is 0 Å². The van der Waals surface area contributed by atoms with Gasteiger partial charge in [0.15, 0.2) is 0 Å². The monoisotopic (exact) mass is 169 g/mol.